The normalized spacial score (nSPS) is 18.3. The highest BCUT2D eigenvalue weighted by molar-refractivity contribution is 5.49. The fraction of sp³-hybridized carbons (Fsp3) is 0.606. The Bertz CT molecular complexity index is 6140. The lowest BCUT2D eigenvalue weighted by Crippen LogP contribution is -2.24. The van der Waals surface area contributed by atoms with Crippen LogP contribution in [0, 0.1) is 49.4 Å². The van der Waals surface area contributed by atoms with Crippen LogP contribution in [0.5, 0.6) is 0 Å². The molecular formula is C137H220. The first kappa shape index (κ1) is 84.5. The van der Waals surface area contributed by atoms with Crippen molar-refractivity contribution in [2.45, 2.75) is 515 Å². The molecule has 0 spiro atoms. The number of rotatable bonds is 14. The van der Waals surface area contributed by atoms with Crippen LogP contribution in [-0.2, 0) is 73.3 Å². The van der Waals surface area contributed by atoms with Gasteiger partial charge >= 0.3 is 0 Å². The maximum Gasteiger partial charge on any atom is 0.0355 e. The lowest BCUT2D eigenvalue weighted by molar-refractivity contribution is 0.334. The van der Waals surface area contributed by atoms with Gasteiger partial charge in [-0.15, -0.1) is 0 Å². The molecule has 9 aromatic carbocycles. The fourth-order valence-corrected chi connectivity index (χ4v) is 17.2. The molecule has 0 aromatic heterocycles. The van der Waals surface area contributed by atoms with Crippen LogP contribution in [0.15, 0.2) is 188 Å². The van der Waals surface area contributed by atoms with Gasteiger partial charge in [0.25, 0.3) is 0 Å². The fourth-order valence-electron chi connectivity index (χ4n) is 17.2. The molecule has 0 N–H and O–H groups in total. The first-order valence-electron chi connectivity index (χ1n) is 65.4. The topological polar surface area (TPSA) is 0 Å². The molecule has 0 fully saturated rings. The molecule has 0 saturated heterocycles. The maximum absolute atomic E-state index is 9.07. The van der Waals surface area contributed by atoms with Gasteiger partial charge in [0.05, 0.1) is 0 Å². The molecule has 0 heterocycles. The number of aryl methyl sites for hydroxylation is 3. The quantitative estimate of drug-likeness (QED) is 0.102. The van der Waals surface area contributed by atoms with Crippen LogP contribution in [0.3, 0.4) is 0 Å². The number of hydrogen-bond donors (Lipinski definition) is 0. The van der Waals surface area contributed by atoms with E-state index in [4.69, 9.17) is 41.1 Å². The van der Waals surface area contributed by atoms with E-state index in [2.05, 4.69) is 300 Å². The molecule has 0 nitrogen and oxygen atoms in total. The molecule has 0 heteroatoms. The Morgan fingerprint density at radius 1 is 0.248 bits per heavy atom. The summed E-state index contributed by atoms with van der Waals surface area (Å²) in [7, 11) is 0. The summed E-state index contributed by atoms with van der Waals surface area (Å²) in [6.45, 7) is 90.4. The molecule has 3 atom stereocenters. The Morgan fingerprint density at radius 3 is 0.883 bits per heavy atom. The van der Waals surface area contributed by atoms with E-state index < -0.39 is 123 Å². The molecule has 0 aliphatic rings. The zero-order valence-corrected chi connectivity index (χ0v) is 97.1. The predicted octanol–water partition coefficient (Wildman–Crippen LogP) is 43.0. The third-order valence-corrected chi connectivity index (χ3v) is 23.8. The van der Waals surface area contributed by atoms with E-state index in [9.17, 15) is 0 Å². The first-order chi connectivity index (χ1) is 73.4. The molecule has 9 rings (SSSR count). The Morgan fingerprint density at radius 2 is 0.540 bits per heavy atom. The summed E-state index contributed by atoms with van der Waals surface area (Å²) in [4.78, 5) is 0. The Labute approximate surface area is 896 Å². The molecule has 0 amide bonds. The molecule has 768 valence electrons. The molecule has 0 aliphatic heterocycles. The van der Waals surface area contributed by atoms with Crippen molar-refractivity contribution in [3.8, 4) is 0 Å². The largest absolute Gasteiger partial charge is 0.0648 e. The van der Waals surface area contributed by atoms with E-state index in [-0.39, 0.29) is 83.2 Å². The molecule has 3 unspecified atom stereocenters. The van der Waals surface area contributed by atoms with E-state index in [1.165, 1.54) is 62.7 Å². The minimum absolute atomic E-state index is 0.0150. The zero-order valence-electron chi connectivity index (χ0n) is 127. The third kappa shape index (κ3) is 43.0. The van der Waals surface area contributed by atoms with E-state index in [1.807, 2.05) is 178 Å². The standard InChI is InChI=1S/C21H36.C19H32.2C17H28.C14H22.2C13H20.C12H18.C11H16/c1-15(20(5,6)7)17-13-11-12-16(14-19(2,3)4)18(17)21(8,9)10;1-13(2)12-16-10-9-11-17(15(5)14(3)4)18(16)19(6,7)8;1-12(2)13-10-9-11-14(16(3,4)5)15(13)17(6,7)8;1-8-13(4)15-11-9-10-14(12(2)3)16(15)17(5,6)7;1-11(2)10-12-8-6-7-9-13(12)14(3,4)5;2*1-10(2)11-8-6-7-9-12(11)13(3,4)5;1-9-7-6-8-10(2)11(9)12(3,4)5;1-9-7-5-6-8-10(9)11(2,3)4/h11-13,15H,14H2,1-10H3;9-11,13-15H,12H2,1-8H3;9-12H,1-8H3;9-13H,8H2,1-7H3;6-9,11H,10H2,1-5H3;2*6-10H,1-5H3;6-8H,1-5H3;5-8H,1-4H3/i14D2,15D;12D2,15D;12D;2D3,3D3,4D3,8D2,12D,13D;10D2;1D3,2D3,10D;10D;;. The van der Waals surface area contributed by atoms with Crippen molar-refractivity contribution in [1.29, 1.82) is 0 Å². The second-order valence-corrected chi connectivity index (χ2v) is 51.2. The van der Waals surface area contributed by atoms with Crippen LogP contribution in [0.4, 0.5) is 0 Å². The van der Waals surface area contributed by atoms with Crippen molar-refractivity contribution in [3.05, 3.63) is 316 Å². The van der Waals surface area contributed by atoms with Gasteiger partial charge in [0.15, 0.2) is 0 Å². The lowest BCUT2D eigenvalue weighted by Gasteiger charge is -2.35. The van der Waals surface area contributed by atoms with E-state index in [0.29, 0.717) is 5.56 Å². The van der Waals surface area contributed by atoms with Crippen molar-refractivity contribution in [2.75, 3.05) is 0 Å². The maximum atomic E-state index is 9.07. The van der Waals surface area contributed by atoms with E-state index >= 15 is 0 Å². The smallest absolute Gasteiger partial charge is 0.0355 e. The van der Waals surface area contributed by atoms with Crippen molar-refractivity contribution < 1.29 is 41.1 Å². The summed E-state index contributed by atoms with van der Waals surface area (Å²) in [6, 6.07) is 59.2. The summed E-state index contributed by atoms with van der Waals surface area (Å²) in [5, 5.41) is 0. The number of benzene rings is 9. The van der Waals surface area contributed by atoms with Gasteiger partial charge in [0, 0.05) is 41.1 Å². The second kappa shape index (κ2) is 53.4. The van der Waals surface area contributed by atoms with Gasteiger partial charge in [-0.1, -0.05) is 562 Å². The van der Waals surface area contributed by atoms with Crippen LogP contribution < -0.4 is 0 Å². The minimum atomic E-state index is -3.31. The van der Waals surface area contributed by atoms with Gasteiger partial charge in [0.1, 0.15) is 0 Å². The molecule has 137 heavy (non-hydrogen) atoms. The summed E-state index contributed by atoms with van der Waals surface area (Å²) >= 11 is 0. The summed E-state index contributed by atoms with van der Waals surface area (Å²) < 4.78 is 243. The van der Waals surface area contributed by atoms with Gasteiger partial charge in [0.2, 0.25) is 0 Å². The van der Waals surface area contributed by atoms with Gasteiger partial charge in [-0.3, -0.25) is 0 Å². The van der Waals surface area contributed by atoms with Gasteiger partial charge in [-0.2, -0.15) is 0 Å². The summed E-state index contributed by atoms with van der Waals surface area (Å²) in [5.41, 5.74) is 18.4. The van der Waals surface area contributed by atoms with Crippen LogP contribution >= 0.6 is 0 Å². The highest BCUT2D eigenvalue weighted by atomic mass is 14.4. The first-order valence-corrected chi connectivity index (χ1v) is 50.4. The Hall–Kier alpha value is -7.02. The van der Waals surface area contributed by atoms with Gasteiger partial charge < -0.3 is 0 Å². The van der Waals surface area contributed by atoms with Crippen LogP contribution in [0.1, 0.15) is 590 Å². The second-order valence-electron chi connectivity index (χ2n) is 51.2. The third-order valence-electron chi connectivity index (χ3n) is 23.8. The molecule has 0 aliphatic carbocycles. The minimum Gasteiger partial charge on any atom is -0.0648 e. The average molecular weight is 1900 g/mol. The van der Waals surface area contributed by atoms with Crippen LogP contribution in [0.2, 0.25) is 0 Å². The number of hydrogen-bond acceptors (Lipinski definition) is 0. The van der Waals surface area contributed by atoms with Gasteiger partial charge in [-0.05, 0) is 298 Å². The highest BCUT2D eigenvalue weighted by Crippen LogP contribution is 2.46. The molecule has 0 radical (unpaired) electrons. The Balaban J connectivity index is 0.000000953. The Kier molecular flexibility index (Phi) is 32.9. The highest BCUT2D eigenvalue weighted by Gasteiger charge is 2.34. The molecular weight excluding hydrogens is 1650 g/mol. The van der Waals surface area contributed by atoms with Crippen molar-refractivity contribution in [3.63, 3.8) is 0 Å². The molecule has 0 bridgehead atoms. The van der Waals surface area contributed by atoms with Gasteiger partial charge in [-0.25, -0.2) is 0 Å². The predicted molar refractivity (Wildman–Crippen MR) is 626 cm³/mol. The van der Waals surface area contributed by atoms with Crippen molar-refractivity contribution in [1.82, 2.24) is 0 Å². The molecule has 0 saturated carbocycles. The van der Waals surface area contributed by atoms with E-state index in [0.717, 1.165) is 68.6 Å². The lowest BCUT2D eigenvalue weighted by atomic mass is 9.69. The van der Waals surface area contributed by atoms with E-state index in [1.54, 1.807) is 39.0 Å². The van der Waals surface area contributed by atoms with Crippen LogP contribution in [0.25, 0.3) is 0 Å². The summed E-state index contributed by atoms with van der Waals surface area (Å²) in [6.07, 6.45) is -6.74. The SMILES string of the molecule is Cc1cccc(C)c1C(C)(C)C.Cc1ccccc1C(C)(C)C.[2H]C(C)(C)c1cccc(C(C)(C)C)c1C(C)(C)C.[2H]C(C)(C)c1ccccc1C(C)(C)C.[2H]C([2H])([2H])C([2H])(c1cccc(C([2H])(C([2H])([2H])[2H])C([2H])([2H])C)c1C(C)(C)C)C([2H])([2H])[2H].[2H]C([2H])([2H])C([2H])(c1ccccc1C(C)(C)C)C([2H])([2H])[2H].[2H]C([2H])(c1cccc(C([2H])(C)C(C)(C)C)c1C(C)(C)C)C(C)(C)C.[2H]C([2H])(c1cccc(C([2H])(C)C(C)C)c1C(C)(C)C)C(C)C.[2H]C([2H])(c1ccccc1C(C)(C)C)C(C)C. The van der Waals surface area contributed by atoms with Crippen LogP contribution in [-0.4, -0.2) is 0 Å². The average Bonchev–Trinajstić information content (AvgIpc) is 0.699. The van der Waals surface area contributed by atoms with Crippen molar-refractivity contribution in [2.24, 2.45) is 28.6 Å². The molecule has 9 aromatic rings. The summed E-state index contributed by atoms with van der Waals surface area (Å²) in [5.74, 6) is -11.2. The van der Waals surface area contributed by atoms with Crippen molar-refractivity contribution >= 4 is 0 Å². The monoisotopic (exact) mass is 1900 g/mol. The zero-order chi connectivity index (χ0) is 133.